The number of hydrogen-bond donors (Lipinski definition) is 3. The summed E-state index contributed by atoms with van der Waals surface area (Å²) < 4.78 is 13.6. The molecule has 0 aromatic heterocycles. The molecule has 0 saturated carbocycles. The van der Waals surface area contributed by atoms with Gasteiger partial charge in [0.2, 0.25) is 0 Å². The van der Waals surface area contributed by atoms with E-state index in [1.165, 1.54) is 6.92 Å². The molecule has 0 heterocycles. The van der Waals surface area contributed by atoms with Gasteiger partial charge in [-0.3, -0.25) is 19.7 Å². The molecule has 1 amide bonds. The number of aliphatic hydroxyl groups is 1. The van der Waals surface area contributed by atoms with Crippen molar-refractivity contribution in [3.63, 3.8) is 0 Å². The summed E-state index contributed by atoms with van der Waals surface area (Å²) in [7, 11) is 0. The minimum Gasteiger partial charge on any atom is -0.481 e. The fourth-order valence-electron chi connectivity index (χ4n) is 1.56. The van der Waals surface area contributed by atoms with Crippen LogP contribution in [0.2, 0.25) is 0 Å². The second-order valence-corrected chi connectivity index (χ2v) is 4.67. The second kappa shape index (κ2) is 6.27. The van der Waals surface area contributed by atoms with Crippen LogP contribution in [0.1, 0.15) is 23.7 Å². The van der Waals surface area contributed by atoms with Gasteiger partial charge in [-0.2, -0.15) is 0 Å². The summed E-state index contributed by atoms with van der Waals surface area (Å²) in [6, 6.07) is 2.51. The Morgan fingerprint density at radius 1 is 1.48 bits per heavy atom. The van der Waals surface area contributed by atoms with Gasteiger partial charge in [0.05, 0.1) is 28.6 Å². The lowest BCUT2D eigenvalue weighted by atomic mass is 10.0. The van der Waals surface area contributed by atoms with E-state index in [0.29, 0.717) is 6.07 Å². The van der Waals surface area contributed by atoms with Gasteiger partial charge in [-0.1, -0.05) is 0 Å². The first-order chi connectivity index (χ1) is 9.62. The van der Waals surface area contributed by atoms with Crippen molar-refractivity contribution in [2.45, 2.75) is 18.9 Å². The Morgan fingerprint density at radius 3 is 2.57 bits per heavy atom. The molecule has 21 heavy (non-hydrogen) atoms. The van der Waals surface area contributed by atoms with Crippen LogP contribution in [0.5, 0.6) is 0 Å². The Balaban J connectivity index is 2.77. The van der Waals surface area contributed by atoms with Crippen LogP contribution in [0.3, 0.4) is 0 Å². The van der Waals surface area contributed by atoms with Gasteiger partial charge in [0, 0.05) is 12.6 Å². The Hall–Kier alpha value is -2.55. The predicted octanol–water partition coefficient (Wildman–Crippen LogP) is 0.689. The molecule has 1 atom stereocenters. The Labute approximate surface area is 118 Å². The molecular weight excluding hydrogens is 287 g/mol. The van der Waals surface area contributed by atoms with Crippen LogP contribution in [0.15, 0.2) is 18.2 Å². The molecule has 1 aromatic rings. The van der Waals surface area contributed by atoms with E-state index in [4.69, 9.17) is 5.11 Å². The summed E-state index contributed by atoms with van der Waals surface area (Å²) in [5, 5.41) is 30.9. The average Bonchev–Trinajstić information content (AvgIpc) is 2.34. The number of carbonyl (C=O) groups excluding carboxylic acids is 1. The Morgan fingerprint density at radius 2 is 2.10 bits per heavy atom. The third-order valence-corrected chi connectivity index (χ3v) is 2.57. The molecule has 1 unspecified atom stereocenters. The van der Waals surface area contributed by atoms with Gasteiger partial charge in [0.15, 0.2) is 0 Å². The first-order valence-corrected chi connectivity index (χ1v) is 5.79. The Bertz CT molecular complexity index is 587. The van der Waals surface area contributed by atoms with E-state index in [9.17, 15) is 29.2 Å². The van der Waals surface area contributed by atoms with Crippen molar-refractivity contribution in [1.82, 2.24) is 5.32 Å². The van der Waals surface area contributed by atoms with Gasteiger partial charge in [-0.25, -0.2) is 4.39 Å². The number of amides is 1. The third kappa shape index (κ3) is 4.80. The number of halogens is 1. The molecule has 1 rings (SSSR count). The minimum atomic E-state index is -1.70. The molecule has 8 nitrogen and oxygen atoms in total. The minimum absolute atomic E-state index is 0.408. The fraction of sp³-hybridized carbons (Fsp3) is 0.333. The summed E-state index contributed by atoms with van der Waals surface area (Å²) in [6.45, 7) is 0.794. The first-order valence-electron chi connectivity index (χ1n) is 5.79. The van der Waals surface area contributed by atoms with Crippen molar-refractivity contribution >= 4 is 17.6 Å². The van der Waals surface area contributed by atoms with Crippen LogP contribution in [0, 0.1) is 15.9 Å². The number of nitrogens with one attached hydrogen (secondary N) is 1. The number of rotatable bonds is 6. The standard InChI is InChI=1S/C12H13FN2O6/c1-12(19,5-10(16)17)6-14-11(18)8-3-2-7(15(20)21)4-9(8)13/h2-4,19H,5-6H2,1H3,(H,14,18)(H,16,17). The zero-order valence-corrected chi connectivity index (χ0v) is 11.0. The van der Waals surface area contributed by atoms with Gasteiger partial charge >= 0.3 is 5.97 Å². The lowest BCUT2D eigenvalue weighted by Gasteiger charge is -2.21. The highest BCUT2D eigenvalue weighted by Crippen LogP contribution is 2.16. The summed E-state index contributed by atoms with van der Waals surface area (Å²) in [5.41, 5.74) is -2.63. The van der Waals surface area contributed by atoms with Gasteiger partial charge in [0.25, 0.3) is 11.6 Å². The highest BCUT2D eigenvalue weighted by Gasteiger charge is 2.26. The highest BCUT2D eigenvalue weighted by molar-refractivity contribution is 5.94. The summed E-state index contributed by atoms with van der Waals surface area (Å²) in [4.78, 5) is 31.8. The topological polar surface area (TPSA) is 130 Å². The molecule has 0 saturated heterocycles. The number of hydrogen-bond acceptors (Lipinski definition) is 5. The van der Waals surface area contributed by atoms with Crippen molar-refractivity contribution in [1.29, 1.82) is 0 Å². The fourth-order valence-corrected chi connectivity index (χ4v) is 1.56. The summed E-state index contributed by atoms with van der Waals surface area (Å²) in [5.74, 6) is -3.25. The number of aliphatic carboxylic acids is 1. The maximum atomic E-state index is 13.6. The molecule has 0 spiro atoms. The second-order valence-electron chi connectivity index (χ2n) is 4.67. The van der Waals surface area contributed by atoms with Crippen molar-refractivity contribution < 1.29 is 29.1 Å². The van der Waals surface area contributed by atoms with E-state index < -0.39 is 52.4 Å². The molecule has 0 aliphatic heterocycles. The van der Waals surface area contributed by atoms with Crippen molar-refractivity contribution in [2.75, 3.05) is 6.54 Å². The van der Waals surface area contributed by atoms with Crippen molar-refractivity contribution in [3.8, 4) is 0 Å². The lowest BCUT2D eigenvalue weighted by molar-refractivity contribution is -0.385. The maximum absolute atomic E-state index is 13.6. The van der Waals surface area contributed by atoms with Crippen molar-refractivity contribution in [2.24, 2.45) is 0 Å². The average molecular weight is 300 g/mol. The van der Waals surface area contributed by atoms with Crippen LogP contribution in [0.4, 0.5) is 10.1 Å². The quantitative estimate of drug-likeness (QED) is 0.523. The molecule has 0 aliphatic carbocycles. The normalized spacial score (nSPS) is 13.3. The van der Waals surface area contributed by atoms with Gasteiger partial charge in [0.1, 0.15) is 5.82 Å². The molecule has 114 valence electrons. The lowest BCUT2D eigenvalue weighted by Crippen LogP contribution is -2.42. The van der Waals surface area contributed by atoms with Gasteiger partial charge < -0.3 is 15.5 Å². The van der Waals surface area contributed by atoms with E-state index in [0.717, 1.165) is 12.1 Å². The van der Waals surface area contributed by atoms with E-state index in [-0.39, 0.29) is 0 Å². The van der Waals surface area contributed by atoms with Crippen molar-refractivity contribution in [3.05, 3.63) is 39.7 Å². The molecule has 0 fully saturated rings. The predicted molar refractivity (Wildman–Crippen MR) is 68.3 cm³/mol. The summed E-state index contributed by atoms with van der Waals surface area (Å²) in [6.07, 6.45) is -0.601. The smallest absolute Gasteiger partial charge is 0.306 e. The zero-order chi connectivity index (χ0) is 16.2. The first kappa shape index (κ1) is 16.5. The molecule has 9 heteroatoms. The number of carboxylic acid groups (broad SMARTS) is 1. The number of carbonyl (C=O) groups is 2. The number of benzene rings is 1. The molecular formula is C12H13FN2O6. The third-order valence-electron chi connectivity index (χ3n) is 2.57. The number of carboxylic acids is 1. The highest BCUT2D eigenvalue weighted by atomic mass is 19.1. The largest absolute Gasteiger partial charge is 0.481 e. The van der Waals surface area contributed by atoms with Crippen LogP contribution in [-0.2, 0) is 4.79 Å². The monoisotopic (exact) mass is 300 g/mol. The van der Waals surface area contributed by atoms with E-state index in [1.54, 1.807) is 0 Å². The maximum Gasteiger partial charge on any atom is 0.306 e. The van der Waals surface area contributed by atoms with Crippen LogP contribution in [-0.4, -0.2) is 39.2 Å². The number of nitro benzene ring substituents is 1. The van der Waals surface area contributed by atoms with Crippen LogP contribution in [0.25, 0.3) is 0 Å². The molecule has 1 aromatic carbocycles. The number of nitrogens with zero attached hydrogens (tertiary/aromatic N) is 1. The van der Waals surface area contributed by atoms with Crippen LogP contribution < -0.4 is 5.32 Å². The van der Waals surface area contributed by atoms with E-state index in [1.807, 2.05) is 0 Å². The molecule has 3 N–H and O–H groups in total. The zero-order valence-electron chi connectivity index (χ0n) is 11.0. The Kier molecular flexibility index (Phi) is 4.93. The van der Waals surface area contributed by atoms with E-state index in [2.05, 4.69) is 5.32 Å². The van der Waals surface area contributed by atoms with Gasteiger partial charge in [-0.15, -0.1) is 0 Å². The molecule has 0 aliphatic rings. The molecule has 0 radical (unpaired) electrons. The van der Waals surface area contributed by atoms with E-state index >= 15 is 0 Å². The number of nitro groups is 1. The SMILES string of the molecule is CC(O)(CNC(=O)c1ccc([N+](=O)[O-])cc1F)CC(=O)O. The number of non-ortho nitro benzene ring substituents is 1. The molecule has 0 bridgehead atoms. The van der Waals surface area contributed by atoms with Crippen LogP contribution >= 0.6 is 0 Å². The summed E-state index contributed by atoms with van der Waals surface area (Å²) >= 11 is 0. The van der Waals surface area contributed by atoms with Gasteiger partial charge in [-0.05, 0) is 13.0 Å².